The van der Waals surface area contributed by atoms with Crippen LogP contribution >= 0.6 is 11.6 Å². The summed E-state index contributed by atoms with van der Waals surface area (Å²) in [5.74, 6) is -1.32. The maximum absolute atomic E-state index is 12.6. The maximum atomic E-state index is 12.6. The highest BCUT2D eigenvalue weighted by atomic mass is 35.5. The smallest absolute Gasteiger partial charge is 0.406 e. The summed E-state index contributed by atoms with van der Waals surface area (Å²) in [6, 6.07) is 17.2. The van der Waals surface area contributed by atoms with Crippen molar-refractivity contribution in [1.82, 2.24) is 0 Å². The van der Waals surface area contributed by atoms with Crippen LogP contribution in [0.1, 0.15) is 16.7 Å². The topological polar surface area (TPSA) is 87.7 Å². The molecular formula is C27H20ClF3N2O4. The highest BCUT2D eigenvalue weighted by molar-refractivity contribution is 6.30. The lowest BCUT2D eigenvalue weighted by Gasteiger charge is -2.23. The summed E-state index contributed by atoms with van der Waals surface area (Å²) in [5, 5.41) is 15.7. The van der Waals surface area contributed by atoms with Gasteiger partial charge in [0.25, 0.3) is 5.91 Å². The molecule has 6 nitrogen and oxygen atoms in total. The number of rotatable bonds is 6. The standard InChI is InChI=1S/C27H20ClF3N2O4/c28-18-11-7-16(8-12-18)20(17-9-13-19(14-10-17)37-27(29,30)31)3-1-6-25(35)32-22-4-2-5-23-21(22)15-24(34)26(36)33-23/h1-14,24,34H,15H2,(H,32,35)(H,33,36)/b6-1+,20-3+. The van der Waals surface area contributed by atoms with E-state index >= 15 is 0 Å². The number of carbonyl (C=O) groups excluding carboxylic acids is 2. The fourth-order valence-electron chi connectivity index (χ4n) is 3.77. The van der Waals surface area contributed by atoms with Gasteiger partial charge in [0.2, 0.25) is 5.91 Å². The number of fused-ring (bicyclic) bond motifs is 1. The second-order valence-electron chi connectivity index (χ2n) is 8.05. The zero-order chi connectivity index (χ0) is 26.6. The number of hydrogen-bond acceptors (Lipinski definition) is 4. The van der Waals surface area contributed by atoms with Crippen LogP contribution in [-0.4, -0.2) is 29.4 Å². The Morgan fingerprint density at radius 2 is 1.70 bits per heavy atom. The summed E-state index contributed by atoms with van der Waals surface area (Å²) in [5.41, 5.74) is 3.51. The van der Waals surface area contributed by atoms with Crippen LogP contribution in [0.25, 0.3) is 5.57 Å². The van der Waals surface area contributed by atoms with Crippen molar-refractivity contribution < 1.29 is 32.6 Å². The van der Waals surface area contributed by atoms with E-state index in [1.807, 2.05) is 0 Å². The van der Waals surface area contributed by atoms with Crippen molar-refractivity contribution >= 4 is 40.4 Å². The molecular weight excluding hydrogens is 509 g/mol. The molecule has 4 rings (SSSR count). The summed E-state index contributed by atoms with van der Waals surface area (Å²) in [6.45, 7) is 0. The van der Waals surface area contributed by atoms with E-state index in [0.29, 0.717) is 33.1 Å². The summed E-state index contributed by atoms with van der Waals surface area (Å²) in [7, 11) is 0. The van der Waals surface area contributed by atoms with Gasteiger partial charge in [0.1, 0.15) is 11.9 Å². The average molecular weight is 529 g/mol. The lowest BCUT2D eigenvalue weighted by atomic mass is 9.97. The number of carbonyl (C=O) groups is 2. The SMILES string of the molecule is O=C(/C=C/C=C(\c1ccc(Cl)cc1)c1ccc(OC(F)(F)F)cc1)Nc1cccc2c1CC(O)C(=O)N2. The molecule has 3 aromatic rings. The van der Waals surface area contributed by atoms with Crippen LogP contribution in [0.3, 0.4) is 0 Å². The molecule has 1 aliphatic heterocycles. The van der Waals surface area contributed by atoms with E-state index in [-0.39, 0.29) is 12.2 Å². The molecule has 0 saturated heterocycles. The van der Waals surface area contributed by atoms with Gasteiger partial charge in [-0.2, -0.15) is 0 Å². The lowest BCUT2D eigenvalue weighted by Crippen LogP contribution is -2.34. The summed E-state index contributed by atoms with van der Waals surface area (Å²) in [4.78, 5) is 24.3. The van der Waals surface area contributed by atoms with Gasteiger partial charge in [-0.1, -0.05) is 54.1 Å². The number of aliphatic hydroxyl groups is 1. The minimum absolute atomic E-state index is 0.0655. The first kappa shape index (κ1) is 26.0. The van der Waals surface area contributed by atoms with Gasteiger partial charge in [0.15, 0.2) is 0 Å². The monoisotopic (exact) mass is 528 g/mol. The third-order valence-electron chi connectivity index (χ3n) is 5.46. The van der Waals surface area contributed by atoms with Crippen molar-refractivity contribution in [3.63, 3.8) is 0 Å². The minimum atomic E-state index is -4.80. The van der Waals surface area contributed by atoms with E-state index in [1.165, 1.54) is 36.4 Å². The van der Waals surface area contributed by atoms with Crippen LogP contribution in [0.15, 0.2) is 85.0 Å². The van der Waals surface area contributed by atoms with E-state index in [2.05, 4.69) is 15.4 Å². The van der Waals surface area contributed by atoms with Crippen LogP contribution in [0.5, 0.6) is 5.75 Å². The van der Waals surface area contributed by atoms with Gasteiger partial charge in [-0.15, -0.1) is 13.2 Å². The van der Waals surface area contributed by atoms with E-state index < -0.39 is 24.3 Å². The van der Waals surface area contributed by atoms with Gasteiger partial charge in [-0.3, -0.25) is 9.59 Å². The first-order valence-electron chi connectivity index (χ1n) is 11.0. The quantitative estimate of drug-likeness (QED) is 0.282. The number of amides is 2. The Kier molecular flexibility index (Phi) is 7.66. The van der Waals surface area contributed by atoms with Gasteiger partial charge < -0.3 is 20.5 Å². The number of hydrogen-bond donors (Lipinski definition) is 3. The molecule has 1 unspecified atom stereocenters. The zero-order valence-corrected chi connectivity index (χ0v) is 19.8. The number of halogens is 4. The maximum Gasteiger partial charge on any atom is 0.573 e. The highest BCUT2D eigenvalue weighted by Gasteiger charge is 2.31. The molecule has 0 saturated carbocycles. The second kappa shape index (κ2) is 10.9. The fraction of sp³-hybridized carbons (Fsp3) is 0.111. The minimum Gasteiger partial charge on any atom is -0.406 e. The number of aliphatic hydroxyl groups excluding tert-OH is 1. The summed E-state index contributed by atoms with van der Waals surface area (Å²) >= 11 is 5.99. The Balaban J connectivity index is 1.56. The van der Waals surface area contributed by atoms with Crippen molar-refractivity contribution in [1.29, 1.82) is 0 Å². The van der Waals surface area contributed by atoms with Crippen molar-refractivity contribution in [3.05, 3.63) is 107 Å². The van der Waals surface area contributed by atoms with Gasteiger partial charge in [0, 0.05) is 34.5 Å². The number of nitrogens with one attached hydrogen (secondary N) is 2. The molecule has 0 aliphatic carbocycles. The summed E-state index contributed by atoms with van der Waals surface area (Å²) < 4.78 is 41.5. The largest absolute Gasteiger partial charge is 0.573 e. The third kappa shape index (κ3) is 6.78. The highest BCUT2D eigenvalue weighted by Crippen LogP contribution is 2.30. The summed E-state index contributed by atoms with van der Waals surface area (Å²) in [6.07, 6.45) is -1.50. The zero-order valence-electron chi connectivity index (χ0n) is 19.1. The third-order valence-corrected chi connectivity index (χ3v) is 5.71. The molecule has 10 heteroatoms. The van der Waals surface area contributed by atoms with E-state index in [4.69, 9.17) is 11.6 Å². The van der Waals surface area contributed by atoms with Gasteiger partial charge in [0.05, 0.1) is 0 Å². The van der Waals surface area contributed by atoms with Gasteiger partial charge >= 0.3 is 6.36 Å². The van der Waals surface area contributed by atoms with E-state index in [1.54, 1.807) is 48.5 Å². The Morgan fingerprint density at radius 3 is 2.35 bits per heavy atom. The van der Waals surface area contributed by atoms with Crippen LogP contribution in [-0.2, 0) is 16.0 Å². The Hall–Kier alpha value is -4.08. The second-order valence-corrected chi connectivity index (χ2v) is 8.49. The molecule has 0 radical (unpaired) electrons. The number of allylic oxidation sites excluding steroid dienone is 2. The number of anilines is 2. The van der Waals surface area contributed by atoms with Crippen molar-refractivity contribution in [3.8, 4) is 5.75 Å². The van der Waals surface area contributed by atoms with E-state index in [9.17, 15) is 27.9 Å². The van der Waals surface area contributed by atoms with Gasteiger partial charge in [-0.05, 0) is 53.1 Å². The molecule has 1 atom stereocenters. The number of ether oxygens (including phenoxy) is 1. The fourth-order valence-corrected chi connectivity index (χ4v) is 3.90. The molecule has 2 amide bonds. The first-order chi connectivity index (χ1) is 17.6. The van der Waals surface area contributed by atoms with Crippen LogP contribution in [0.4, 0.5) is 24.5 Å². The Bertz CT molecular complexity index is 1370. The number of benzene rings is 3. The predicted molar refractivity (Wildman–Crippen MR) is 134 cm³/mol. The molecule has 0 fully saturated rings. The normalized spacial score (nSPS) is 15.8. The van der Waals surface area contributed by atoms with Crippen LogP contribution in [0.2, 0.25) is 5.02 Å². The average Bonchev–Trinajstić information content (AvgIpc) is 2.84. The van der Waals surface area contributed by atoms with Crippen molar-refractivity contribution in [2.24, 2.45) is 0 Å². The molecule has 37 heavy (non-hydrogen) atoms. The first-order valence-corrected chi connectivity index (χ1v) is 11.4. The van der Waals surface area contributed by atoms with Gasteiger partial charge in [-0.25, -0.2) is 0 Å². The van der Waals surface area contributed by atoms with E-state index in [0.717, 1.165) is 5.56 Å². The lowest BCUT2D eigenvalue weighted by molar-refractivity contribution is -0.274. The Morgan fingerprint density at radius 1 is 1.05 bits per heavy atom. The molecule has 0 bridgehead atoms. The molecule has 1 aliphatic rings. The molecule has 0 spiro atoms. The molecule has 3 N–H and O–H groups in total. The van der Waals surface area contributed by atoms with Crippen LogP contribution in [0, 0.1) is 0 Å². The van der Waals surface area contributed by atoms with Crippen molar-refractivity contribution in [2.75, 3.05) is 10.6 Å². The van der Waals surface area contributed by atoms with Crippen LogP contribution < -0.4 is 15.4 Å². The van der Waals surface area contributed by atoms with Crippen molar-refractivity contribution in [2.45, 2.75) is 18.9 Å². The molecule has 3 aromatic carbocycles. The molecule has 1 heterocycles. The Labute approximate surface area is 215 Å². The molecule has 0 aromatic heterocycles. The number of alkyl halides is 3. The molecule has 190 valence electrons. The predicted octanol–water partition coefficient (Wildman–Crippen LogP) is 5.72.